The van der Waals surface area contributed by atoms with Crippen LogP contribution in [0.15, 0.2) is 54.6 Å². The van der Waals surface area contributed by atoms with Gasteiger partial charge in [-0.15, -0.1) is 0 Å². The summed E-state index contributed by atoms with van der Waals surface area (Å²) in [5, 5.41) is 8.69. The van der Waals surface area contributed by atoms with Crippen molar-refractivity contribution >= 4 is 16.7 Å². The molecule has 0 amide bonds. The zero-order valence-corrected chi connectivity index (χ0v) is 13.7. The first kappa shape index (κ1) is 14.5. The highest BCUT2D eigenvalue weighted by atomic mass is 15.0. The van der Waals surface area contributed by atoms with Crippen LogP contribution in [-0.4, -0.2) is 9.55 Å². The fourth-order valence-corrected chi connectivity index (χ4v) is 3.03. The highest BCUT2D eigenvalue weighted by Gasteiger charge is 2.15. The van der Waals surface area contributed by atoms with Crippen LogP contribution >= 0.6 is 0 Å². The molecule has 0 fully saturated rings. The van der Waals surface area contributed by atoms with E-state index in [1.54, 1.807) is 0 Å². The first-order valence-electron chi connectivity index (χ1n) is 7.88. The van der Waals surface area contributed by atoms with Gasteiger partial charge in [-0.25, -0.2) is 4.98 Å². The molecule has 1 heterocycles. The number of para-hydroxylation sites is 1. The van der Waals surface area contributed by atoms with E-state index < -0.39 is 0 Å². The van der Waals surface area contributed by atoms with E-state index in [9.17, 15) is 0 Å². The molecular formula is C20H18N4. The van der Waals surface area contributed by atoms with E-state index in [4.69, 9.17) is 16.1 Å². The topological polar surface area (TPSA) is 67.7 Å². The fraction of sp³-hybridized carbons (Fsp3) is 0.100. The van der Waals surface area contributed by atoms with Gasteiger partial charge in [0.05, 0.1) is 27.8 Å². The number of aromatic nitrogens is 2. The van der Waals surface area contributed by atoms with E-state index in [2.05, 4.69) is 16.7 Å². The summed E-state index contributed by atoms with van der Waals surface area (Å²) in [4.78, 5) is 4.81. The molecular weight excluding hydrogens is 296 g/mol. The number of nitrogens with zero attached hydrogens (tertiary/aromatic N) is 2. The molecule has 0 spiro atoms. The zero-order chi connectivity index (χ0) is 16.8. The van der Waals surface area contributed by atoms with E-state index in [-0.39, 0.29) is 0 Å². The van der Waals surface area contributed by atoms with Gasteiger partial charge in [0, 0.05) is 11.4 Å². The van der Waals surface area contributed by atoms with E-state index in [1.165, 1.54) is 0 Å². The largest absolute Gasteiger partial charge is 0.398 e. The molecule has 2 aliphatic rings. The second-order valence-electron chi connectivity index (χ2n) is 6.14. The van der Waals surface area contributed by atoms with Crippen molar-refractivity contribution in [2.75, 3.05) is 5.73 Å². The number of anilines is 1. The molecule has 118 valence electrons. The van der Waals surface area contributed by atoms with E-state index in [1.807, 2.05) is 56.3 Å². The van der Waals surface area contributed by atoms with Gasteiger partial charge in [0.2, 0.25) is 0 Å². The Morgan fingerprint density at radius 2 is 1.71 bits per heavy atom. The van der Waals surface area contributed by atoms with Crippen LogP contribution in [-0.2, 0) is 0 Å². The van der Waals surface area contributed by atoms with Crippen LogP contribution in [0.4, 0.5) is 5.69 Å². The number of hydrogen-bond donors (Lipinski definition) is 2. The molecule has 24 heavy (non-hydrogen) atoms. The molecule has 1 aliphatic carbocycles. The van der Waals surface area contributed by atoms with Crippen molar-refractivity contribution in [2.24, 2.45) is 0 Å². The summed E-state index contributed by atoms with van der Waals surface area (Å²) in [6, 6.07) is 18.0. The van der Waals surface area contributed by atoms with Gasteiger partial charge in [-0.2, -0.15) is 0 Å². The van der Waals surface area contributed by atoms with Crippen LogP contribution in [0.2, 0.25) is 0 Å². The van der Waals surface area contributed by atoms with Gasteiger partial charge in [0.15, 0.2) is 0 Å². The van der Waals surface area contributed by atoms with Crippen molar-refractivity contribution in [2.45, 2.75) is 13.8 Å². The van der Waals surface area contributed by atoms with Crippen molar-refractivity contribution in [1.82, 2.24) is 9.55 Å². The van der Waals surface area contributed by atoms with Gasteiger partial charge in [-0.3, -0.25) is 0 Å². The predicted molar refractivity (Wildman–Crippen MR) is 97.4 cm³/mol. The highest BCUT2D eigenvalue weighted by Crippen LogP contribution is 2.30. The Labute approximate surface area is 140 Å². The van der Waals surface area contributed by atoms with Crippen molar-refractivity contribution < 1.29 is 0 Å². The summed E-state index contributed by atoms with van der Waals surface area (Å²) in [6.07, 6.45) is 0. The van der Waals surface area contributed by atoms with Crippen LogP contribution in [0.5, 0.6) is 0 Å². The van der Waals surface area contributed by atoms with Gasteiger partial charge >= 0.3 is 0 Å². The second-order valence-corrected chi connectivity index (χ2v) is 6.14. The molecule has 0 aromatic heterocycles. The molecule has 0 atom stereocenters. The summed E-state index contributed by atoms with van der Waals surface area (Å²) >= 11 is 0. The van der Waals surface area contributed by atoms with E-state index in [0.29, 0.717) is 5.36 Å². The summed E-state index contributed by atoms with van der Waals surface area (Å²) in [7, 11) is 0. The minimum absolute atomic E-state index is 0.508. The molecule has 0 saturated carbocycles. The van der Waals surface area contributed by atoms with Crippen LogP contribution in [0.1, 0.15) is 11.1 Å². The van der Waals surface area contributed by atoms with Crippen molar-refractivity contribution in [3.05, 3.63) is 71.1 Å². The Morgan fingerprint density at radius 3 is 2.46 bits per heavy atom. The first-order chi connectivity index (χ1) is 11.5. The molecule has 0 bridgehead atoms. The van der Waals surface area contributed by atoms with Crippen LogP contribution in [0.25, 0.3) is 28.1 Å². The number of nitrogen functional groups attached to an aromatic ring is 1. The summed E-state index contributed by atoms with van der Waals surface area (Å²) in [5.74, 6) is 0. The maximum Gasteiger partial charge on any atom is 0.0882 e. The number of aryl methyl sites for hydroxylation is 2. The SMILES string of the molecule is Cc1cc2nc3cc(C)c(=N)cc-3n(-c3ccccc3)c2cc1N. The van der Waals surface area contributed by atoms with Crippen molar-refractivity contribution in [1.29, 1.82) is 5.41 Å². The Kier molecular flexibility index (Phi) is 3.13. The smallest absolute Gasteiger partial charge is 0.0882 e. The third kappa shape index (κ3) is 2.15. The standard InChI is InChI=1S/C20H18N4/c1-12-8-17-19(10-15(12)21)24(14-6-4-3-5-7-14)20-11-16(22)13(2)9-18(20)23-17/h3-11,21H,22H2,1-2H3. The fourth-order valence-electron chi connectivity index (χ4n) is 3.03. The average molecular weight is 314 g/mol. The van der Waals surface area contributed by atoms with Crippen molar-refractivity contribution in [3.8, 4) is 17.1 Å². The van der Waals surface area contributed by atoms with Crippen molar-refractivity contribution in [3.63, 3.8) is 0 Å². The third-order valence-electron chi connectivity index (χ3n) is 4.42. The number of nitrogens with two attached hydrogens (primary N) is 1. The molecule has 2 aromatic carbocycles. The molecule has 1 aliphatic heterocycles. The minimum atomic E-state index is 0.508. The Balaban J connectivity index is 2.25. The number of benzene rings is 3. The van der Waals surface area contributed by atoms with Gasteiger partial charge in [-0.1, -0.05) is 18.2 Å². The van der Waals surface area contributed by atoms with Crippen LogP contribution in [0, 0.1) is 19.3 Å². The molecule has 4 heteroatoms. The van der Waals surface area contributed by atoms with Gasteiger partial charge < -0.3 is 15.7 Å². The molecule has 4 nitrogen and oxygen atoms in total. The molecule has 4 rings (SSSR count). The lowest BCUT2D eigenvalue weighted by Gasteiger charge is -2.20. The van der Waals surface area contributed by atoms with E-state index in [0.717, 1.165) is 44.9 Å². The number of fused-ring (bicyclic) bond motifs is 2. The molecule has 0 saturated heterocycles. The van der Waals surface area contributed by atoms with Gasteiger partial charge in [0.25, 0.3) is 0 Å². The first-order valence-corrected chi connectivity index (χ1v) is 7.88. The van der Waals surface area contributed by atoms with Gasteiger partial charge in [-0.05, 0) is 61.4 Å². The lowest BCUT2D eigenvalue weighted by Crippen LogP contribution is -2.12. The lowest BCUT2D eigenvalue weighted by molar-refractivity contribution is 1.06. The van der Waals surface area contributed by atoms with E-state index >= 15 is 0 Å². The predicted octanol–water partition coefficient (Wildman–Crippen LogP) is 3.81. The normalized spacial score (nSPS) is 11.2. The Bertz CT molecular complexity index is 1090. The number of rotatable bonds is 1. The summed E-state index contributed by atoms with van der Waals surface area (Å²) in [5.41, 5.74) is 13.5. The van der Waals surface area contributed by atoms with Gasteiger partial charge in [0.1, 0.15) is 0 Å². The third-order valence-corrected chi connectivity index (χ3v) is 4.42. The minimum Gasteiger partial charge on any atom is -0.398 e. The second kappa shape index (κ2) is 5.20. The number of nitrogens with one attached hydrogen (secondary N) is 1. The lowest BCUT2D eigenvalue weighted by atomic mass is 10.1. The number of hydrogen-bond acceptors (Lipinski definition) is 3. The Morgan fingerprint density at radius 1 is 0.958 bits per heavy atom. The molecule has 3 N–H and O–H groups in total. The van der Waals surface area contributed by atoms with Crippen LogP contribution in [0.3, 0.4) is 0 Å². The maximum absolute atomic E-state index is 8.18. The monoisotopic (exact) mass is 314 g/mol. The zero-order valence-electron chi connectivity index (χ0n) is 13.7. The molecule has 2 aromatic rings. The van der Waals surface area contributed by atoms with Crippen LogP contribution < -0.4 is 11.1 Å². The molecule has 0 radical (unpaired) electrons. The Hall–Kier alpha value is -3.14. The summed E-state index contributed by atoms with van der Waals surface area (Å²) < 4.78 is 2.13. The summed E-state index contributed by atoms with van der Waals surface area (Å²) in [6.45, 7) is 3.93. The highest BCUT2D eigenvalue weighted by molar-refractivity contribution is 5.86. The maximum atomic E-state index is 8.18. The quantitative estimate of drug-likeness (QED) is 0.414. The average Bonchev–Trinajstić information content (AvgIpc) is 2.57. The molecule has 0 unspecified atom stereocenters.